The molecule has 0 bridgehead atoms. The van der Waals surface area contributed by atoms with Gasteiger partial charge in [0.05, 0.1) is 0 Å². The van der Waals surface area contributed by atoms with Gasteiger partial charge in [0.25, 0.3) is 0 Å². The molecule has 0 fully saturated rings. The van der Waals surface area contributed by atoms with Gasteiger partial charge in [-0.25, -0.2) is 0 Å². The Balaban J connectivity index is 2.04. The van der Waals surface area contributed by atoms with Crippen molar-refractivity contribution >= 4 is 38.5 Å². The molecule has 2 aromatic heterocycles. The second-order valence-corrected chi connectivity index (χ2v) is 5.90. The lowest BCUT2D eigenvalue weighted by atomic mass is 10.0. The van der Waals surface area contributed by atoms with Crippen LogP contribution in [0.3, 0.4) is 0 Å². The summed E-state index contributed by atoms with van der Waals surface area (Å²) in [5.41, 5.74) is 6.77. The van der Waals surface area contributed by atoms with Crippen LogP contribution in [0.15, 0.2) is 47.2 Å². The summed E-state index contributed by atoms with van der Waals surface area (Å²) in [5, 5.41) is 5.04. The van der Waals surface area contributed by atoms with E-state index in [9.17, 15) is 4.79 Å². The van der Waals surface area contributed by atoms with Crippen LogP contribution in [0, 0.1) is 0 Å². The van der Waals surface area contributed by atoms with Crippen LogP contribution >= 0.6 is 22.7 Å². The molecule has 0 saturated heterocycles. The van der Waals surface area contributed by atoms with Crippen molar-refractivity contribution in [3.63, 3.8) is 0 Å². The first-order valence-corrected chi connectivity index (χ1v) is 7.33. The number of hydrogen-bond donors (Lipinski definition) is 1. The van der Waals surface area contributed by atoms with Gasteiger partial charge in [-0.3, -0.25) is 4.79 Å². The summed E-state index contributed by atoms with van der Waals surface area (Å²) < 4.78 is 1.02. The Bertz CT molecular complexity index is 685. The van der Waals surface area contributed by atoms with Gasteiger partial charge < -0.3 is 5.73 Å². The van der Waals surface area contributed by atoms with Crippen molar-refractivity contribution in [2.75, 3.05) is 0 Å². The topological polar surface area (TPSA) is 43.1 Å². The van der Waals surface area contributed by atoms with Crippen LogP contribution in [0.2, 0.25) is 0 Å². The third-order valence-electron chi connectivity index (χ3n) is 2.88. The Morgan fingerprint density at radius 3 is 2.72 bits per heavy atom. The molecule has 0 aliphatic carbocycles. The maximum absolute atomic E-state index is 12.4. The van der Waals surface area contributed by atoms with Gasteiger partial charge in [0.2, 0.25) is 0 Å². The molecule has 0 aliphatic rings. The molecule has 2 heterocycles. The highest BCUT2D eigenvalue weighted by atomic mass is 32.1. The van der Waals surface area contributed by atoms with Crippen LogP contribution in [-0.2, 0) is 0 Å². The van der Waals surface area contributed by atoms with Crippen molar-refractivity contribution in [3.05, 3.63) is 57.6 Å². The van der Waals surface area contributed by atoms with E-state index in [1.807, 2.05) is 47.2 Å². The van der Waals surface area contributed by atoms with E-state index in [4.69, 9.17) is 5.73 Å². The van der Waals surface area contributed by atoms with Crippen LogP contribution in [0.5, 0.6) is 0 Å². The normalized spacial score (nSPS) is 12.7. The fraction of sp³-hybridized carbons (Fsp3) is 0.0714. The number of carbonyl (C=O) groups is 1. The third-order valence-corrected chi connectivity index (χ3v) is 4.80. The standard InChI is InChI=1S/C14H11NOS2/c15-12(11-5-2-7-17-11)13(16)10-4-1-3-9-6-8-18-14(9)10/h1-8,12H,15H2. The molecule has 0 saturated carbocycles. The molecule has 0 aliphatic heterocycles. The molecular formula is C14H11NOS2. The fourth-order valence-corrected chi connectivity index (χ4v) is 3.60. The lowest BCUT2D eigenvalue weighted by molar-refractivity contribution is 0.0964. The summed E-state index contributed by atoms with van der Waals surface area (Å²) in [6.07, 6.45) is 0. The van der Waals surface area contributed by atoms with Crippen LogP contribution < -0.4 is 5.73 Å². The number of thiophene rings is 2. The van der Waals surface area contributed by atoms with Crippen LogP contribution in [0.25, 0.3) is 10.1 Å². The SMILES string of the molecule is NC(C(=O)c1cccc2ccsc12)c1cccs1. The van der Waals surface area contributed by atoms with E-state index in [1.165, 1.54) is 11.3 Å². The Hall–Kier alpha value is -1.49. The molecule has 0 spiro atoms. The second-order valence-electron chi connectivity index (χ2n) is 4.00. The molecule has 2 N–H and O–H groups in total. The van der Waals surface area contributed by atoms with Gasteiger partial charge in [-0.15, -0.1) is 22.7 Å². The predicted molar refractivity (Wildman–Crippen MR) is 77.4 cm³/mol. The summed E-state index contributed by atoms with van der Waals surface area (Å²) in [6, 6.07) is 11.1. The van der Waals surface area contributed by atoms with E-state index in [1.54, 1.807) is 11.3 Å². The molecule has 18 heavy (non-hydrogen) atoms. The molecule has 0 amide bonds. The van der Waals surface area contributed by atoms with E-state index in [-0.39, 0.29) is 5.78 Å². The van der Waals surface area contributed by atoms with E-state index in [2.05, 4.69) is 0 Å². The summed E-state index contributed by atoms with van der Waals surface area (Å²) in [6.45, 7) is 0. The van der Waals surface area contributed by atoms with Crippen LogP contribution in [0.1, 0.15) is 21.3 Å². The molecule has 1 atom stereocenters. The molecule has 4 heteroatoms. The highest BCUT2D eigenvalue weighted by molar-refractivity contribution is 7.17. The van der Waals surface area contributed by atoms with E-state index >= 15 is 0 Å². The smallest absolute Gasteiger partial charge is 0.186 e. The molecule has 0 radical (unpaired) electrons. The lowest BCUT2D eigenvalue weighted by Crippen LogP contribution is -2.20. The van der Waals surface area contributed by atoms with Crippen molar-refractivity contribution in [2.24, 2.45) is 5.73 Å². The highest BCUT2D eigenvalue weighted by Crippen LogP contribution is 2.28. The summed E-state index contributed by atoms with van der Waals surface area (Å²) >= 11 is 3.10. The first-order valence-electron chi connectivity index (χ1n) is 5.57. The van der Waals surface area contributed by atoms with E-state index in [0.717, 1.165) is 20.5 Å². The number of nitrogens with two attached hydrogens (primary N) is 1. The van der Waals surface area contributed by atoms with Gasteiger partial charge in [-0.2, -0.15) is 0 Å². The lowest BCUT2D eigenvalue weighted by Gasteiger charge is -2.09. The Kier molecular flexibility index (Phi) is 2.99. The number of benzene rings is 1. The number of rotatable bonds is 3. The minimum atomic E-state index is -0.558. The first-order chi connectivity index (χ1) is 8.77. The molecule has 1 unspecified atom stereocenters. The van der Waals surface area contributed by atoms with Crippen molar-refractivity contribution in [2.45, 2.75) is 6.04 Å². The zero-order chi connectivity index (χ0) is 12.5. The van der Waals surface area contributed by atoms with E-state index < -0.39 is 6.04 Å². The number of Topliss-reactive ketones (excluding diaryl/α,β-unsaturated/α-hetero) is 1. The number of carbonyl (C=O) groups excluding carboxylic acids is 1. The zero-order valence-corrected chi connectivity index (χ0v) is 11.1. The number of ketones is 1. The van der Waals surface area contributed by atoms with Gasteiger partial charge in [-0.05, 0) is 34.3 Å². The van der Waals surface area contributed by atoms with E-state index in [0.29, 0.717) is 0 Å². The molecule has 90 valence electrons. The molecule has 3 aromatic rings. The van der Waals surface area contributed by atoms with Crippen molar-refractivity contribution in [3.8, 4) is 0 Å². The number of fused-ring (bicyclic) bond motifs is 1. The number of hydrogen-bond acceptors (Lipinski definition) is 4. The third kappa shape index (κ3) is 1.88. The van der Waals surface area contributed by atoms with Gasteiger partial charge >= 0.3 is 0 Å². The minimum Gasteiger partial charge on any atom is -0.317 e. The monoisotopic (exact) mass is 273 g/mol. The molecule has 1 aromatic carbocycles. The average molecular weight is 273 g/mol. The highest BCUT2D eigenvalue weighted by Gasteiger charge is 2.20. The minimum absolute atomic E-state index is 0.00880. The van der Waals surface area contributed by atoms with Gasteiger partial charge in [0.1, 0.15) is 6.04 Å². The Labute approximate surface area is 113 Å². The van der Waals surface area contributed by atoms with Gasteiger partial charge in [0.15, 0.2) is 5.78 Å². The second kappa shape index (κ2) is 4.65. The Morgan fingerprint density at radius 1 is 1.06 bits per heavy atom. The fourth-order valence-electron chi connectivity index (χ4n) is 1.95. The predicted octanol–water partition coefficient (Wildman–Crippen LogP) is 3.85. The molecule has 3 rings (SSSR count). The van der Waals surface area contributed by atoms with Crippen molar-refractivity contribution in [1.82, 2.24) is 0 Å². The Morgan fingerprint density at radius 2 is 1.94 bits per heavy atom. The summed E-state index contributed by atoms with van der Waals surface area (Å²) in [4.78, 5) is 13.4. The maximum Gasteiger partial charge on any atom is 0.186 e. The maximum atomic E-state index is 12.4. The van der Waals surface area contributed by atoms with Crippen LogP contribution in [0.4, 0.5) is 0 Å². The van der Waals surface area contributed by atoms with Gasteiger partial charge in [-0.1, -0.05) is 18.2 Å². The first kappa shape index (κ1) is 11.6. The zero-order valence-electron chi connectivity index (χ0n) is 9.50. The molecular weight excluding hydrogens is 262 g/mol. The van der Waals surface area contributed by atoms with Gasteiger partial charge in [0, 0.05) is 15.1 Å². The largest absolute Gasteiger partial charge is 0.317 e. The van der Waals surface area contributed by atoms with Crippen LogP contribution in [-0.4, -0.2) is 5.78 Å². The summed E-state index contributed by atoms with van der Waals surface area (Å²) in [5.74, 6) is -0.00880. The van der Waals surface area contributed by atoms with Crippen molar-refractivity contribution < 1.29 is 4.79 Å². The average Bonchev–Trinajstić information content (AvgIpc) is 3.06. The molecule has 2 nitrogen and oxygen atoms in total. The quantitative estimate of drug-likeness (QED) is 0.737. The summed E-state index contributed by atoms with van der Waals surface area (Å²) in [7, 11) is 0. The van der Waals surface area contributed by atoms with Crippen molar-refractivity contribution in [1.29, 1.82) is 0 Å².